The van der Waals surface area contributed by atoms with Gasteiger partial charge in [0.15, 0.2) is 0 Å². The van der Waals surface area contributed by atoms with Gasteiger partial charge < -0.3 is 10.0 Å². The number of hydrogen-bond acceptors (Lipinski definition) is 2. The maximum Gasteiger partial charge on any atom is 0.0433 e. The molecule has 14 heavy (non-hydrogen) atoms. The number of nitrogens with zero attached hydrogens (tertiary/aromatic N) is 1. The molecule has 82 valence electrons. The minimum absolute atomic E-state index is 0.390. The van der Waals surface area contributed by atoms with Gasteiger partial charge in [0, 0.05) is 13.2 Å². The van der Waals surface area contributed by atoms with Crippen LogP contribution in [0, 0.1) is 17.8 Å². The SMILES string of the molecule is CN1CCCC(C(CCO)C2CC2)C1. The first-order valence-corrected chi connectivity index (χ1v) is 6.10. The van der Waals surface area contributed by atoms with Gasteiger partial charge in [-0.15, -0.1) is 0 Å². The molecule has 2 rings (SSSR count). The molecule has 0 amide bonds. The standard InChI is InChI=1S/C12H23NO/c1-13-7-2-3-11(9-13)12(6-8-14)10-4-5-10/h10-12,14H,2-9H2,1H3. The largest absolute Gasteiger partial charge is 0.396 e. The van der Waals surface area contributed by atoms with Gasteiger partial charge in [-0.3, -0.25) is 0 Å². The topological polar surface area (TPSA) is 23.5 Å². The van der Waals surface area contributed by atoms with E-state index in [1.54, 1.807) is 0 Å². The molecule has 0 aromatic rings. The summed E-state index contributed by atoms with van der Waals surface area (Å²) in [7, 11) is 2.23. The Hall–Kier alpha value is -0.0800. The first kappa shape index (κ1) is 10.4. The molecule has 0 aromatic heterocycles. The Morgan fingerprint density at radius 1 is 1.29 bits per heavy atom. The van der Waals surface area contributed by atoms with Gasteiger partial charge in [0.1, 0.15) is 0 Å². The van der Waals surface area contributed by atoms with Gasteiger partial charge >= 0.3 is 0 Å². The zero-order valence-electron chi connectivity index (χ0n) is 9.28. The van der Waals surface area contributed by atoms with Crippen molar-refractivity contribution >= 4 is 0 Å². The van der Waals surface area contributed by atoms with Crippen LogP contribution >= 0.6 is 0 Å². The van der Waals surface area contributed by atoms with Gasteiger partial charge in [0.05, 0.1) is 0 Å². The summed E-state index contributed by atoms with van der Waals surface area (Å²) in [6.07, 6.45) is 6.64. The molecule has 2 heteroatoms. The maximum absolute atomic E-state index is 9.10. The zero-order valence-corrected chi connectivity index (χ0v) is 9.28. The number of hydrogen-bond donors (Lipinski definition) is 1. The highest BCUT2D eigenvalue weighted by Crippen LogP contribution is 2.44. The van der Waals surface area contributed by atoms with Gasteiger partial charge in [-0.05, 0) is 63.5 Å². The Balaban J connectivity index is 1.88. The number of rotatable bonds is 4. The molecule has 0 bridgehead atoms. The monoisotopic (exact) mass is 197 g/mol. The smallest absolute Gasteiger partial charge is 0.0433 e. The summed E-state index contributed by atoms with van der Waals surface area (Å²) in [5.74, 6) is 2.65. The molecule has 1 N–H and O–H groups in total. The van der Waals surface area contributed by atoms with E-state index in [1.807, 2.05) is 0 Å². The molecule has 2 atom stereocenters. The van der Waals surface area contributed by atoms with Gasteiger partial charge in [-0.1, -0.05) is 0 Å². The lowest BCUT2D eigenvalue weighted by molar-refractivity contribution is 0.123. The third kappa shape index (κ3) is 2.48. The Kier molecular flexibility index (Phi) is 3.45. The van der Waals surface area contributed by atoms with Crippen LogP contribution in [0.15, 0.2) is 0 Å². The fourth-order valence-corrected chi connectivity index (χ4v) is 3.09. The Bertz CT molecular complexity index is 179. The Labute approximate surface area is 87.3 Å². The fraction of sp³-hybridized carbons (Fsp3) is 1.00. The van der Waals surface area contributed by atoms with E-state index in [0.717, 1.165) is 24.2 Å². The lowest BCUT2D eigenvalue weighted by atomic mass is 9.80. The fourth-order valence-electron chi connectivity index (χ4n) is 3.09. The third-order valence-corrected chi connectivity index (χ3v) is 3.96. The second-order valence-corrected chi connectivity index (χ2v) is 5.18. The maximum atomic E-state index is 9.10. The van der Waals surface area contributed by atoms with Crippen LogP contribution in [0.1, 0.15) is 32.1 Å². The van der Waals surface area contributed by atoms with Crippen molar-refractivity contribution < 1.29 is 5.11 Å². The van der Waals surface area contributed by atoms with Crippen molar-refractivity contribution in [1.82, 2.24) is 4.90 Å². The minimum atomic E-state index is 0.390. The molecule has 1 heterocycles. The Morgan fingerprint density at radius 2 is 2.07 bits per heavy atom. The molecule has 0 radical (unpaired) electrons. The summed E-state index contributed by atoms with van der Waals surface area (Å²) in [5.41, 5.74) is 0. The van der Waals surface area contributed by atoms with E-state index in [2.05, 4.69) is 11.9 Å². The van der Waals surface area contributed by atoms with E-state index in [9.17, 15) is 0 Å². The van der Waals surface area contributed by atoms with E-state index >= 15 is 0 Å². The van der Waals surface area contributed by atoms with Crippen LogP contribution in [0.4, 0.5) is 0 Å². The predicted octanol–water partition coefficient (Wildman–Crippen LogP) is 1.74. The summed E-state index contributed by atoms with van der Waals surface area (Å²) >= 11 is 0. The molecular formula is C12H23NO. The van der Waals surface area contributed by atoms with Crippen LogP contribution in [-0.2, 0) is 0 Å². The molecule has 1 saturated heterocycles. The molecule has 1 saturated carbocycles. The molecule has 2 fully saturated rings. The second kappa shape index (κ2) is 4.63. The normalized spacial score (nSPS) is 31.7. The second-order valence-electron chi connectivity index (χ2n) is 5.18. The van der Waals surface area contributed by atoms with Crippen molar-refractivity contribution in [2.24, 2.45) is 17.8 Å². The summed E-state index contributed by atoms with van der Waals surface area (Å²) in [6.45, 7) is 2.93. The number of piperidine rings is 1. The molecule has 0 spiro atoms. The van der Waals surface area contributed by atoms with E-state index in [1.165, 1.54) is 38.8 Å². The van der Waals surface area contributed by atoms with Crippen LogP contribution in [0.5, 0.6) is 0 Å². The molecule has 2 aliphatic rings. The first-order chi connectivity index (χ1) is 6.81. The van der Waals surface area contributed by atoms with Gasteiger partial charge in [0.25, 0.3) is 0 Å². The van der Waals surface area contributed by atoms with Crippen molar-refractivity contribution in [1.29, 1.82) is 0 Å². The van der Waals surface area contributed by atoms with E-state index in [-0.39, 0.29) is 0 Å². The highest BCUT2D eigenvalue weighted by Gasteiger charge is 2.36. The molecular weight excluding hydrogens is 174 g/mol. The number of aliphatic hydroxyl groups excluding tert-OH is 1. The molecule has 2 unspecified atom stereocenters. The number of likely N-dealkylation sites (tertiary alicyclic amines) is 1. The molecule has 2 nitrogen and oxygen atoms in total. The van der Waals surface area contributed by atoms with Crippen LogP contribution in [-0.4, -0.2) is 36.8 Å². The van der Waals surface area contributed by atoms with Gasteiger partial charge in [-0.25, -0.2) is 0 Å². The highest BCUT2D eigenvalue weighted by molar-refractivity contribution is 4.88. The Morgan fingerprint density at radius 3 is 2.64 bits per heavy atom. The third-order valence-electron chi connectivity index (χ3n) is 3.96. The van der Waals surface area contributed by atoms with Crippen molar-refractivity contribution in [3.05, 3.63) is 0 Å². The van der Waals surface area contributed by atoms with E-state index in [4.69, 9.17) is 5.11 Å². The van der Waals surface area contributed by atoms with Crippen molar-refractivity contribution in [3.8, 4) is 0 Å². The van der Waals surface area contributed by atoms with Gasteiger partial charge in [0.2, 0.25) is 0 Å². The quantitative estimate of drug-likeness (QED) is 0.742. The zero-order chi connectivity index (χ0) is 9.97. The van der Waals surface area contributed by atoms with Crippen LogP contribution in [0.25, 0.3) is 0 Å². The number of aliphatic hydroxyl groups is 1. The van der Waals surface area contributed by atoms with Crippen molar-refractivity contribution in [3.63, 3.8) is 0 Å². The van der Waals surface area contributed by atoms with E-state index in [0.29, 0.717) is 6.61 Å². The van der Waals surface area contributed by atoms with Crippen molar-refractivity contribution in [2.75, 3.05) is 26.7 Å². The average Bonchev–Trinajstić information content (AvgIpc) is 2.97. The van der Waals surface area contributed by atoms with Gasteiger partial charge in [-0.2, -0.15) is 0 Å². The van der Waals surface area contributed by atoms with E-state index < -0.39 is 0 Å². The summed E-state index contributed by atoms with van der Waals surface area (Å²) in [5, 5.41) is 9.10. The minimum Gasteiger partial charge on any atom is -0.396 e. The average molecular weight is 197 g/mol. The lowest BCUT2D eigenvalue weighted by Gasteiger charge is -2.35. The summed E-state index contributed by atoms with van der Waals surface area (Å²) in [6, 6.07) is 0. The first-order valence-electron chi connectivity index (χ1n) is 6.10. The summed E-state index contributed by atoms with van der Waals surface area (Å²) in [4.78, 5) is 2.46. The molecule has 1 aliphatic heterocycles. The van der Waals surface area contributed by atoms with Crippen LogP contribution < -0.4 is 0 Å². The van der Waals surface area contributed by atoms with Crippen LogP contribution in [0.2, 0.25) is 0 Å². The van der Waals surface area contributed by atoms with Crippen molar-refractivity contribution in [2.45, 2.75) is 32.1 Å². The predicted molar refractivity (Wildman–Crippen MR) is 58.1 cm³/mol. The summed E-state index contributed by atoms with van der Waals surface area (Å²) < 4.78 is 0. The molecule has 0 aromatic carbocycles. The molecule has 1 aliphatic carbocycles. The lowest BCUT2D eigenvalue weighted by Crippen LogP contribution is -2.36. The van der Waals surface area contributed by atoms with Crippen LogP contribution in [0.3, 0.4) is 0 Å². The highest BCUT2D eigenvalue weighted by atomic mass is 16.3.